The first-order valence-corrected chi connectivity index (χ1v) is 10.1. The van der Waals surface area contributed by atoms with Gasteiger partial charge in [0.1, 0.15) is 0 Å². The summed E-state index contributed by atoms with van der Waals surface area (Å²) in [6.45, 7) is 3.99. The number of hydrogen-bond donors (Lipinski definition) is 2. The Morgan fingerprint density at radius 3 is 2.12 bits per heavy atom. The zero-order valence-electron chi connectivity index (χ0n) is 14.8. The summed E-state index contributed by atoms with van der Waals surface area (Å²) in [5.74, 6) is 0. The van der Waals surface area contributed by atoms with E-state index < -0.39 is 10.0 Å². The maximum atomic E-state index is 13.3. The van der Waals surface area contributed by atoms with Crippen molar-refractivity contribution in [2.75, 3.05) is 58.3 Å². The number of anilines is 1. The number of fused-ring (bicyclic) bond motifs is 1. The fourth-order valence-electron chi connectivity index (χ4n) is 3.21. The minimum atomic E-state index is -3.55. The van der Waals surface area contributed by atoms with Crippen molar-refractivity contribution in [3.8, 4) is 0 Å². The van der Waals surface area contributed by atoms with E-state index in [0.717, 1.165) is 29.5 Å². The molecule has 1 saturated heterocycles. The molecule has 1 heterocycles. The number of hydrogen-bond acceptors (Lipinski definition) is 5. The Balaban J connectivity index is 2.06. The highest BCUT2D eigenvalue weighted by Gasteiger charge is 2.26. The number of benzene rings is 2. The number of nitrogens with one attached hydrogen (secondary N) is 2. The molecule has 2 aromatic rings. The van der Waals surface area contributed by atoms with Gasteiger partial charge in [0.25, 0.3) is 0 Å². The van der Waals surface area contributed by atoms with E-state index in [2.05, 4.69) is 10.6 Å². The Morgan fingerprint density at radius 1 is 0.880 bits per heavy atom. The third-order valence-electron chi connectivity index (χ3n) is 4.51. The second-order valence-corrected chi connectivity index (χ2v) is 8.33. The summed E-state index contributed by atoms with van der Waals surface area (Å²) in [6.07, 6.45) is 0. The highest BCUT2D eigenvalue weighted by molar-refractivity contribution is 7.89. The Morgan fingerprint density at radius 2 is 1.48 bits per heavy atom. The van der Waals surface area contributed by atoms with Crippen LogP contribution in [0, 0.1) is 0 Å². The molecule has 136 valence electrons. The molecule has 1 aliphatic heterocycles. The SMILES string of the molecule is CN(C)c1cccc2c(S(=O)(=O)N3CCNCCNCC3)cccc12. The highest BCUT2D eigenvalue weighted by Crippen LogP contribution is 2.31. The number of sulfonamides is 1. The normalized spacial score (nSPS) is 17.7. The van der Waals surface area contributed by atoms with Crippen LogP contribution < -0.4 is 15.5 Å². The van der Waals surface area contributed by atoms with E-state index in [0.29, 0.717) is 31.1 Å². The maximum absolute atomic E-state index is 13.3. The van der Waals surface area contributed by atoms with Crippen molar-refractivity contribution in [2.45, 2.75) is 4.90 Å². The standard InChI is InChI=1S/C18H26N4O2S/c1-21(2)17-7-3-6-16-15(17)5-4-8-18(16)25(23,24)22-13-11-19-9-10-20-12-14-22/h3-8,19-20H,9-14H2,1-2H3. The van der Waals surface area contributed by atoms with Gasteiger partial charge in [-0.3, -0.25) is 0 Å². The van der Waals surface area contributed by atoms with Gasteiger partial charge in [-0.05, 0) is 12.1 Å². The third kappa shape index (κ3) is 3.79. The van der Waals surface area contributed by atoms with Crippen LogP contribution in [0.25, 0.3) is 10.8 Å². The van der Waals surface area contributed by atoms with Crippen LogP contribution in [0.3, 0.4) is 0 Å². The maximum Gasteiger partial charge on any atom is 0.243 e. The zero-order valence-corrected chi connectivity index (χ0v) is 15.6. The van der Waals surface area contributed by atoms with Gasteiger partial charge in [0.2, 0.25) is 10.0 Å². The molecule has 0 unspecified atom stereocenters. The Hall–Kier alpha value is -1.67. The van der Waals surface area contributed by atoms with E-state index in [9.17, 15) is 8.42 Å². The van der Waals surface area contributed by atoms with Crippen LogP contribution in [0.4, 0.5) is 5.69 Å². The largest absolute Gasteiger partial charge is 0.377 e. The van der Waals surface area contributed by atoms with Crippen LogP contribution >= 0.6 is 0 Å². The minimum Gasteiger partial charge on any atom is -0.377 e. The molecule has 25 heavy (non-hydrogen) atoms. The predicted octanol–water partition coefficient (Wildman–Crippen LogP) is 1.09. The van der Waals surface area contributed by atoms with Crippen molar-refractivity contribution in [3.63, 3.8) is 0 Å². The molecular weight excluding hydrogens is 336 g/mol. The fraction of sp³-hybridized carbons (Fsp3) is 0.444. The minimum absolute atomic E-state index is 0.382. The third-order valence-corrected chi connectivity index (χ3v) is 6.47. The summed E-state index contributed by atoms with van der Waals surface area (Å²) in [6, 6.07) is 11.3. The average molecular weight is 362 g/mol. The van der Waals surface area contributed by atoms with Crippen molar-refractivity contribution in [2.24, 2.45) is 0 Å². The highest BCUT2D eigenvalue weighted by atomic mass is 32.2. The van der Waals surface area contributed by atoms with Crippen molar-refractivity contribution >= 4 is 26.5 Å². The van der Waals surface area contributed by atoms with E-state index in [1.807, 2.05) is 49.3 Å². The molecule has 0 radical (unpaired) electrons. The molecular formula is C18H26N4O2S. The molecule has 0 atom stereocenters. The number of rotatable bonds is 3. The van der Waals surface area contributed by atoms with Crippen LogP contribution in [-0.4, -0.2) is 66.1 Å². The second-order valence-electron chi connectivity index (χ2n) is 6.43. The van der Waals surface area contributed by atoms with Crippen LogP contribution in [0.2, 0.25) is 0 Å². The Kier molecular flexibility index (Phi) is 5.58. The topological polar surface area (TPSA) is 64.7 Å². The van der Waals surface area contributed by atoms with E-state index in [1.165, 1.54) is 0 Å². The van der Waals surface area contributed by atoms with Gasteiger partial charge in [-0.25, -0.2) is 8.42 Å². The van der Waals surface area contributed by atoms with E-state index >= 15 is 0 Å². The molecule has 1 aliphatic rings. The van der Waals surface area contributed by atoms with Crippen molar-refractivity contribution in [3.05, 3.63) is 36.4 Å². The quantitative estimate of drug-likeness (QED) is 0.856. The van der Waals surface area contributed by atoms with Gasteiger partial charge >= 0.3 is 0 Å². The molecule has 0 amide bonds. The summed E-state index contributed by atoms with van der Waals surface area (Å²) in [5.41, 5.74) is 1.02. The second kappa shape index (κ2) is 7.70. The predicted molar refractivity (Wildman–Crippen MR) is 103 cm³/mol. The van der Waals surface area contributed by atoms with Crippen LogP contribution in [0.15, 0.2) is 41.3 Å². The summed E-state index contributed by atoms with van der Waals surface area (Å²) < 4.78 is 28.2. The van der Waals surface area contributed by atoms with Crippen molar-refractivity contribution < 1.29 is 8.42 Å². The molecule has 2 aromatic carbocycles. The molecule has 0 bridgehead atoms. The first-order chi connectivity index (χ1) is 12.0. The first kappa shape index (κ1) is 18.1. The Labute approximate surface area is 149 Å². The van der Waals surface area contributed by atoms with Crippen molar-refractivity contribution in [1.82, 2.24) is 14.9 Å². The van der Waals surface area contributed by atoms with E-state index in [1.54, 1.807) is 10.4 Å². The van der Waals surface area contributed by atoms with Gasteiger partial charge < -0.3 is 15.5 Å². The van der Waals surface area contributed by atoms with E-state index in [4.69, 9.17) is 0 Å². The molecule has 1 fully saturated rings. The summed E-state index contributed by atoms with van der Waals surface area (Å²) >= 11 is 0. The number of nitrogens with zero attached hydrogens (tertiary/aromatic N) is 2. The summed E-state index contributed by atoms with van der Waals surface area (Å²) in [5, 5.41) is 8.26. The molecule has 0 saturated carbocycles. The molecule has 7 heteroatoms. The monoisotopic (exact) mass is 362 g/mol. The molecule has 0 aromatic heterocycles. The molecule has 0 aliphatic carbocycles. The fourth-order valence-corrected chi connectivity index (χ4v) is 4.85. The smallest absolute Gasteiger partial charge is 0.243 e. The van der Waals surface area contributed by atoms with E-state index in [-0.39, 0.29) is 0 Å². The lowest BCUT2D eigenvalue weighted by Crippen LogP contribution is -2.38. The Bertz CT molecular complexity index is 826. The molecule has 2 N–H and O–H groups in total. The zero-order chi connectivity index (χ0) is 17.9. The van der Waals surface area contributed by atoms with Gasteiger partial charge in [0.05, 0.1) is 4.90 Å². The lowest BCUT2D eigenvalue weighted by molar-refractivity contribution is 0.414. The molecule has 6 nitrogen and oxygen atoms in total. The summed E-state index contributed by atoms with van der Waals surface area (Å²) in [4.78, 5) is 2.39. The van der Waals surface area contributed by atoms with Crippen LogP contribution in [-0.2, 0) is 10.0 Å². The summed E-state index contributed by atoms with van der Waals surface area (Å²) in [7, 11) is 0.383. The lowest BCUT2D eigenvalue weighted by atomic mass is 10.1. The van der Waals surface area contributed by atoms with Gasteiger partial charge in [-0.1, -0.05) is 24.3 Å². The van der Waals surface area contributed by atoms with Crippen LogP contribution in [0.1, 0.15) is 0 Å². The van der Waals surface area contributed by atoms with Crippen molar-refractivity contribution in [1.29, 1.82) is 0 Å². The van der Waals surface area contributed by atoms with Crippen LogP contribution in [0.5, 0.6) is 0 Å². The molecule has 3 rings (SSSR count). The van der Waals surface area contributed by atoms with Gasteiger partial charge in [0.15, 0.2) is 0 Å². The van der Waals surface area contributed by atoms with Gasteiger partial charge in [-0.2, -0.15) is 4.31 Å². The first-order valence-electron chi connectivity index (χ1n) is 8.62. The van der Waals surface area contributed by atoms with Gasteiger partial charge in [0, 0.05) is 69.8 Å². The van der Waals surface area contributed by atoms with Gasteiger partial charge in [-0.15, -0.1) is 0 Å². The lowest BCUT2D eigenvalue weighted by Gasteiger charge is -2.23. The molecule has 0 spiro atoms. The average Bonchev–Trinajstić information content (AvgIpc) is 2.74.